The SMILES string of the molecule is Cc1ccc2c(c1)c1cc(C)ccc1n2-c1ccc(-c2ccc(-c3cccc4c3oc3cccc(CC(C)(C)c5ccc6c(c5)c5cc(C(C)(C)C)ccc5n6-c5ccc(-c6ccc(-c7cccc8c7oc7ccccc78)cc6)cc5)c34)cc2)cc1. The first-order valence-corrected chi connectivity index (χ1v) is 30.2. The fourth-order valence-electron chi connectivity index (χ4n) is 13.9. The first-order chi connectivity index (χ1) is 41.8. The standard InChI is InChI=1S/C82H64N2O2/c1-50-21-41-72-68(45-50)69-46-51(2)22-42-73(69)83(72)61-37-31-54(32-38-61)53-25-29-57(30-26-53)64-16-12-18-67-78-58(13-10-20-77(78)86-80(64)67)49-82(6,7)60-36-44-75-71(48-60)70-47-59(81(3,4)5)35-43-74(70)84(75)62-39-33-55(34-40-62)52-23-27-56(28-24-52)63-15-11-17-66-65-14-8-9-19-76(65)85-79(63)66/h8-48H,49H2,1-7H3. The number of hydrogen-bond acceptors (Lipinski definition) is 2. The maximum absolute atomic E-state index is 6.89. The normalized spacial score (nSPS) is 12.4. The van der Waals surface area contributed by atoms with E-state index in [0.29, 0.717) is 0 Å². The summed E-state index contributed by atoms with van der Waals surface area (Å²) in [6, 6.07) is 91.7. The Morgan fingerprint density at radius 1 is 0.326 bits per heavy atom. The fraction of sp³-hybridized carbons (Fsp3) is 0.122. The minimum atomic E-state index is -0.217. The van der Waals surface area contributed by atoms with E-state index < -0.39 is 0 Å². The van der Waals surface area contributed by atoms with E-state index in [1.54, 1.807) is 0 Å². The van der Waals surface area contributed by atoms with Crippen LogP contribution in [0.4, 0.5) is 0 Å². The summed E-state index contributed by atoms with van der Waals surface area (Å²) in [4.78, 5) is 0. The smallest absolute Gasteiger partial charge is 0.143 e. The quantitative estimate of drug-likeness (QED) is 0.144. The van der Waals surface area contributed by atoms with Gasteiger partial charge in [-0.25, -0.2) is 0 Å². The number of aryl methyl sites for hydroxylation is 2. The summed E-state index contributed by atoms with van der Waals surface area (Å²) in [7, 11) is 0. The van der Waals surface area contributed by atoms with E-state index in [1.165, 1.54) is 99.1 Å². The van der Waals surface area contributed by atoms with Crippen LogP contribution in [0.3, 0.4) is 0 Å². The van der Waals surface area contributed by atoms with Gasteiger partial charge in [0.2, 0.25) is 0 Å². The van der Waals surface area contributed by atoms with Gasteiger partial charge in [-0.15, -0.1) is 0 Å². The van der Waals surface area contributed by atoms with Crippen molar-refractivity contribution in [3.63, 3.8) is 0 Å². The number of hydrogen-bond donors (Lipinski definition) is 0. The van der Waals surface area contributed by atoms with E-state index in [4.69, 9.17) is 8.83 Å². The zero-order valence-corrected chi connectivity index (χ0v) is 49.6. The lowest BCUT2D eigenvalue weighted by Crippen LogP contribution is -2.20. The number of fused-ring (bicyclic) bond motifs is 12. The van der Waals surface area contributed by atoms with Gasteiger partial charge in [-0.05, 0) is 166 Å². The van der Waals surface area contributed by atoms with Crippen LogP contribution in [0.25, 0.3) is 143 Å². The van der Waals surface area contributed by atoms with Crippen molar-refractivity contribution in [1.82, 2.24) is 9.13 Å². The largest absolute Gasteiger partial charge is 0.455 e. The summed E-state index contributed by atoms with van der Waals surface area (Å²) in [5.74, 6) is 0. The van der Waals surface area contributed by atoms with Crippen LogP contribution < -0.4 is 0 Å². The van der Waals surface area contributed by atoms with Crippen molar-refractivity contribution in [3.05, 3.63) is 277 Å². The van der Waals surface area contributed by atoms with Crippen LogP contribution in [-0.2, 0) is 17.3 Å². The minimum absolute atomic E-state index is 0.00666. The lowest BCUT2D eigenvalue weighted by molar-refractivity contribution is 0.525. The van der Waals surface area contributed by atoms with Crippen molar-refractivity contribution >= 4 is 87.5 Å². The molecule has 0 saturated carbocycles. The molecule has 16 rings (SSSR count). The van der Waals surface area contributed by atoms with Gasteiger partial charge in [0.25, 0.3) is 0 Å². The van der Waals surface area contributed by atoms with Gasteiger partial charge < -0.3 is 18.0 Å². The first-order valence-electron chi connectivity index (χ1n) is 30.2. The summed E-state index contributed by atoms with van der Waals surface area (Å²) in [5.41, 5.74) is 26.2. The topological polar surface area (TPSA) is 36.1 Å². The van der Waals surface area contributed by atoms with Gasteiger partial charge in [0.15, 0.2) is 0 Å². The molecule has 0 aliphatic rings. The molecule has 0 amide bonds. The Labute approximate surface area is 500 Å². The Balaban J connectivity index is 0.692. The van der Waals surface area contributed by atoms with Gasteiger partial charge in [0.05, 0.1) is 22.1 Å². The van der Waals surface area contributed by atoms with Crippen LogP contribution in [0.5, 0.6) is 0 Å². The van der Waals surface area contributed by atoms with Crippen molar-refractivity contribution in [1.29, 1.82) is 0 Å². The van der Waals surface area contributed by atoms with Gasteiger partial charge in [-0.3, -0.25) is 0 Å². The Morgan fingerprint density at radius 2 is 0.733 bits per heavy atom. The zero-order chi connectivity index (χ0) is 58.2. The van der Waals surface area contributed by atoms with Gasteiger partial charge in [0.1, 0.15) is 22.3 Å². The molecule has 0 saturated heterocycles. The molecule has 4 heterocycles. The van der Waals surface area contributed by atoms with E-state index in [0.717, 1.165) is 78.5 Å². The fourth-order valence-corrected chi connectivity index (χ4v) is 13.9. The summed E-state index contributed by atoms with van der Waals surface area (Å²) >= 11 is 0. The third-order valence-corrected chi connectivity index (χ3v) is 18.4. The van der Waals surface area contributed by atoms with Crippen molar-refractivity contribution < 1.29 is 8.83 Å². The van der Waals surface area contributed by atoms with Crippen LogP contribution in [0, 0.1) is 13.8 Å². The lowest BCUT2D eigenvalue weighted by Gasteiger charge is -2.26. The molecule has 0 atom stereocenters. The molecule has 0 N–H and O–H groups in total. The van der Waals surface area contributed by atoms with Crippen molar-refractivity contribution in [2.24, 2.45) is 0 Å². The van der Waals surface area contributed by atoms with Crippen LogP contribution >= 0.6 is 0 Å². The maximum atomic E-state index is 6.89. The van der Waals surface area contributed by atoms with Crippen LogP contribution in [0.15, 0.2) is 258 Å². The van der Waals surface area contributed by atoms with Crippen molar-refractivity contribution in [2.45, 2.75) is 65.7 Å². The molecule has 0 aliphatic carbocycles. The first kappa shape index (κ1) is 51.5. The molecular weight excluding hydrogens is 1040 g/mol. The number of para-hydroxylation sites is 3. The molecule has 4 aromatic heterocycles. The average Bonchev–Trinajstić information content (AvgIpc) is 2.53. The molecule has 0 aliphatic heterocycles. The van der Waals surface area contributed by atoms with Crippen LogP contribution in [0.2, 0.25) is 0 Å². The molecular formula is C82H64N2O2. The minimum Gasteiger partial charge on any atom is -0.455 e. The third-order valence-electron chi connectivity index (χ3n) is 18.4. The molecule has 0 spiro atoms. The summed E-state index contributed by atoms with van der Waals surface area (Å²) in [6.45, 7) is 16.1. The van der Waals surface area contributed by atoms with Crippen molar-refractivity contribution in [3.8, 4) is 55.9 Å². The molecule has 16 aromatic rings. The number of rotatable bonds is 9. The second-order valence-corrected chi connectivity index (χ2v) is 25.6. The highest BCUT2D eigenvalue weighted by Gasteiger charge is 2.27. The molecule has 0 fully saturated rings. The Bertz CT molecular complexity index is 5300. The van der Waals surface area contributed by atoms with Crippen LogP contribution in [0.1, 0.15) is 62.4 Å². The summed E-state index contributed by atoms with van der Waals surface area (Å²) < 4.78 is 18.1. The van der Waals surface area contributed by atoms with E-state index in [-0.39, 0.29) is 10.8 Å². The lowest BCUT2D eigenvalue weighted by atomic mass is 9.78. The van der Waals surface area contributed by atoms with Gasteiger partial charge in [-0.2, -0.15) is 0 Å². The maximum Gasteiger partial charge on any atom is 0.143 e. The number of nitrogens with zero attached hydrogens (tertiary/aromatic N) is 2. The second-order valence-electron chi connectivity index (χ2n) is 25.6. The molecule has 4 heteroatoms. The highest BCUT2D eigenvalue weighted by Crippen LogP contribution is 2.44. The van der Waals surface area contributed by atoms with Crippen molar-refractivity contribution in [2.75, 3.05) is 0 Å². The summed E-state index contributed by atoms with van der Waals surface area (Å²) in [5, 5.41) is 9.74. The van der Waals surface area contributed by atoms with E-state index in [9.17, 15) is 0 Å². The number of aromatic nitrogens is 2. The van der Waals surface area contributed by atoms with E-state index in [1.807, 2.05) is 12.1 Å². The molecule has 4 nitrogen and oxygen atoms in total. The molecule has 12 aromatic carbocycles. The Morgan fingerprint density at radius 3 is 1.28 bits per heavy atom. The Kier molecular flexibility index (Phi) is 11.6. The van der Waals surface area contributed by atoms with Gasteiger partial charge in [0, 0.05) is 65.6 Å². The number of benzene rings is 12. The monoisotopic (exact) mass is 1110 g/mol. The molecule has 0 radical (unpaired) electrons. The molecule has 0 unspecified atom stereocenters. The predicted octanol–water partition coefficient (Wildman–Crippen LogP) is 22.8. The van der Waals surface area contributed by atoms with E-state index >= 15 is 0 Å². The predicted molar refractivity (Wildman–Crippen MR) is 363 cm³/mol. The van der Waals surface area contributed by atoms with Crippen LogP contribution in [-0.4, -0.2) is 9.13 Å². The highest BCUT2D eigenvalue weighted by atomic mass is 16.3. The summed E-state index contributed by atoms with van der Waals surface area (Å²) in [6.07, 6.45) is 0.836. The second kappa shape index (κ2) is 19.5. The zero-order valence-electron chi connectivity index (χ0n) is 49.6. The molecule has 0 bridgehead atoms. The third kappa shape index (κ3) is 8.41. The van der Waals surface area contributed by atoms with Gasteiger partial charge in [-0.1, -0.05) is 210 Å². The number of furan rings is 2. The van der Waals surface area contributed by atoms with E-state index in [2.05, 4.69) is 294 Å². The average molecular weight is 1110 g/mol. The molecule has 86 heavy (non-hydrogen) atoms. The highest BCUT2D eigenvalue weighted by molar-refractivity contribution is 6.13. The van der Waals surface area contributed by atoms with Gasteiger partial charge >= 0.3 is 0 Å². The Hall–Kier alpha value is -10.2. The molecule has 414 valence electrons.